The maximum Gasteiger partial charge on any atom is 0.417 e. The lowest BCUT2D eigenvalue weighted by molar-refractivity contribution is -0.0688. The van der Waals surface area contributed by atoms with Crippen LogP contribution in [-0.2, 0) is 0 Å². The summed E-state index contributed by atoms with van der Waals surface area (Å²) in [6, 6.07) is 16.6. The normalized spacial score (nSPS) is 16.3. The minimum Gasteiger partial charge on any atom is -0.388 e. The Labute approximate surface area is 203 Å². The third-order valence-corrected chi connectivity index (χ3v) is 6.49. The fourth-order valence-electron chi connectivity index (χ4n) is 4.41. The van der Waals surface area contributed by atoms with Crippen LogP contribution in [0.25, 0.3) is 16.3 Å². The molecule has 0 radical (unpaired) electrons. The van der Waals surface area contributed by atoms with E-state index in [1.54, 1.807) is 18.2 Å². The molecule has 1 saturated heterocycles. The van der Waals surface area contributed by atoms with Crippen molar-refractivity contribution in [2.45, 2.75) is 37.6 Å². The van der Waals surface area contributed by atoms with Crippen molar-refractivity contribution in [3.8, 4) is 0 Å². The molecular weight excluding hydrogens is 453 g/mol. The van der Waals surface area contributed by atoms with Gasteiger partial charge in [0, 0.05) is 29.0 Å². The Balaban J connectivity index is 1.61. The van der Waals surface area contributed by atoms with Gasteiger partial charge in [0.15, 0.2) is 0 Å². The molecule has 4 rings (SSSR count). The number of nitrogens with one attached hydrogen (secondary N) is 2. The lowest BCUT2D eigenvalue weighted by Gasteiger charge is -2.30. The molecule has 1 aliphatic heterocycles. The lowest BCUT2D eigenvalue weighted by atomic mass is 10.0. The second kappa shape index (κ2) is 10.7. The van der Waals surface area contributed by atoms with Gasteiger partial charge < -0.3 is 20.6 Å². The van der Waals surface area contributed by atoms with Crippen LogP contribution in [0.3, 0.4) is 0 Å². The van der Waals surface area contributed by atoms with Crippen molar-refractivity contribution in [3.05, 3.63) is 72.4 Å². The smallest absolute Gasteiger partial charge is 0.388 e. The first-order valence-corrected chi connectivity index (χ1v) is 11.8. The number of hydrogen-bond acceptors (Lipinski definition) is 5. The monoisotopic (exact) mass is 484 g/mol. The summed E-state index contributed by atoms with van der Waals surface area (Å²) in [7, 11) is 2.08. The molecule has 3 N–H and O–H groups in total. The molecule has 0 unspecified atom stereocenters. The van der Waals surface area contributed by atoms with Crippen molar-refractivity contribution >= 4 is 27.9 Å². The standard InChI is InChI=1S/C27H31F3N4O/c1-18(27(28,29)30)26-21-9-6-10-23(32-20-12-15-34(2)16-13-20)22(21)17-25(33-26)31-14-11-24(35)19-7-4-3-5-8-19/h3-10,17,20,24,32,35H,1,11-16H2,2H3,(H,31,33)/t24-/m0/s1. The molecule has 2 heterocycles. The van der Waals surface area contributed by atoms with Crippen molar-refractivity contribution in [1.29, 1.82) is 0 Å². The molecule has 0 spiro atoms. The summed E-state index contributed by atoms with van der Waals surface area (Å²) in [5.41, 5.74) is 0.402. The van der Waals surface area contributed by atoms with Gasteiger partial charge >= 0.3 is 6.18 Å². The van der Waals surface area contributed by atoms with Crippen molar-refractivity contribution < 1.29 is 18.3 Å². The number of aromatic nitrogens is 1. The molecule has 0 saturated carbocycles. The number of anilines is 2. The van der Waals surface area contributed by atoms with Gasteiger partial charge in [-0.3, -0.25) is 0 Å². The molecule has 1 fully saturated rings. The highest BCUT2D eigenvalue weighted by molar-refractivity contribution is 6.01. The van der Waals surface area contributed by atoms with Gasteiger partial charge in [-0.05, 0) is 57.1 Å². The van der Waals surface area contributed by atoms with E-state index >= 15 is 0 Å². The number of alkyl halides is 3. The fraction of sp³-hybridized carbons (Fsp3) is 0.370. The average molecular weight is 485 g/mol. The van der Waals surface area contributed by atoms with E-state index in [4.69, 9.17) is 0 Å². The van der Waals surface area contributed by atoms with Crippen molar-refractivity contribution in [3.63, 3.8) is 0 Å². The minimum atomic E-state index is -4.60. The number of likely N-dealkylation sites (tertiary alicyclic amines) is 1. The van der Waals surface area contributed by atoms with Gasteiger partial charge in [-0.2, -0.15) is 13.2 Å². The van der Waals surface area contributed by atoms with Crippen molar-refractivity contribution in [2.75, 3.05) is 37.3 Å². The highest BCUT2D eigenvalue weighted by Crippen LogP contribution is 2.38. The molecule has 3 aromatic rings. The summed E-state index contributed by atoms with van der Waals surface area (Å²) in [4.78, 5) is 6.55. The highest BCUT2D eigenvalue weighted by atomic mass is 19.4. The lowest BCUT2D eigenvalue weighted by Crippen LogP contribution is -2.36. The Bertz CT molecular complexity index is 1160. The first-order valence-electron chi connectivity index (χ1n) is 11.8. The molecule has 0 aliphatic carbocycles. The third-order valence-electron chi connectivity index (χ3n) is 6.49. The Morgan fingerprint density at radius 2 is 1.83 bits per heavy atom. The number of piperidine rings is 1. The van der Waals surface area contributed by atoms with Crippen LogP contribution in [0, 0.1) is 0 Å². The molecular formula is C27H31F3N4O. The van der Waals surface area contributed by atoms with Gasteiger partial charge in [0.05, 0.1) is 17.4 Å². The fourth-order valence-corrected chi connectivity index (χ4v) is 4.41. The van der Waals surface area contributed by atoms with E-state index in [0.717, 1.165) is 37.2 Å². The van der Waals surface area contributed by atoms with E-state index in [9.17, 15) is 18.3 Å². The predicted molar refractivity (Wildman–Crippen MR) is 135 cm³/mol. The maximum atomic E-state index is 13.6. The first kappa shape index (κ1) is 25.0. The number of hydrogen-bond donors (Lipinski definition) is 3. The molecule has 8 heteroatoms. The SMILES string of the molecule is C=C(c1nc(NCC[C@H](O)c2ccccc2)cc2c(NC3CCN(C)CC3)cccc12)C(F)(F)F. The zero-order valence-corrected chi connectivity index (χ0v) is 19.8. The molecule has 0 bridgehead atoms. The van der Waals surface area contributed by atoms with Gasteiger partial charge in [0.25, 0.3) is 0 Å². The quantitative estimate of drug-likeness (QED) is 0.374. The topological polar surface area (TPSA) is 60.4 Å². The second-order valence-electron chi connectivity index (χ2n) is 9.10. The number of pyridine rings is 1. The highest BCUT2D eigenvalue weighted by Gasteiger charge is 2.35. The summed E-state index contributed by atoms with van der Waals surface area (Å²) in [5.74, 6) is 0.316. The number of aliphatic hydroxyl groups is 1. The number of rotatable bonds is 8. The molecule has 0 amide bonds. The number of aliphatic hydroxyl groups excluding tert-OH is 1. The summed E-state index contributed by atoms with van der Waals surface area (Å²) >= 11 is 0. The predicted octanol–water partition coefficient (Wildman–Crippen LogP) is 5.85. The van der Waals surface area contributed by atoms with Crippen LogP contribution in [-0.4, -0.2) is 53.9 Å². The van der Waals surface area contributed by atoms with Crippen LogP contribution < -0.4 is 10.6 Å². The number of nitrogens with zero attached hydrogens (tertiary/aromatic N) is 2. The van der Waals surface area contributed by atoms with Crippen LogP contribution in [0.15, 0.2) is 61.2 Å². The van der Waals surface area contributed by atoms with Gasteiger partial charge in [0.1, 0.15) is 5.82 Å². The first-order chi connectivity index (χ1) is 16.7. The summed E-state index contributed by atoms with van der Waals surface area (Å²) in [6.07, 6.45) is -2.98. The maximum absolute atomic E-state index is 13.6. The van der Waals surface area contributed by atoms with Gasteiger partial charge in [-0.1, -0.05) is 49.0 Å². The zero-order chi connectivity index (χ0) is 25.0. The van der Waals surface area contributed by atoms with E-state index in [0.29, 0.717) is 29.6 Å². The summed E-state index contributed by atoms with van der Waals surface area (Å²) in [5, 5.41) is 18.1. The van der Waals surface area contributed by atoms with E-state index in [1.807, 2.05) is 36.4 Å². The summed E-state index contributed by atoms with van der Waals surface area (Å²) in [6.45, 7) is 5.59. The third kappa shape index (κ3) is 6.13. The molecule has 1 aliphatic rings. The zero-order valence-electron chi connectivity index (χ0n) is 19.8. The van der Waals surface area contributed by atoms with Crippen LogP contribution in [0.4, 0.5) is 24.7 Å². The van der Waals surface area contributed by atoms with Crippen LogP contribution in [0.2, 0.25) is 0 Å². The second-order valence-corrected chi connectivity index (χ2v) is 9.10. The molecule has 1 atom stereocenters. The van der Waals surface area contributed by atoms with E-state index < -0.39 is 17.9 Å². The molecule has 35 heavy (non-hydrogen) atoms. The van der Waals surface area contributed by atoms with Crippen LogP contribution in [0.5, 0.6) is 0 Å². The summed E-state index contributed by atoms with van der Waals surface area (Å²) < 4.78 is 40.9. The van der Waals surface area contributed by atoms with E-state index in [2.05, 4.69) is 34.1 Å². The number of allylic oxidation sites excluding steroid dienone is 1. The Morgan fingerprint density at radius 3 is 2.51 bits per heavy atom. The number of halogens is 3. The number of benzene rings is 2. The Hall–Kier alpha value is -3.10. The van der Waals surface area contributed by atoms with Crippen molar-refractivity contribution in [1.82, 2.24) is 9.88 Å². The molecule has 186 valence electrons. The molecule has 2 aromatic carbocycles. The van der Waals surface area contributed by atoms with Crippen molar-refractivity contribution in [2.24, 2.45) is 0 Å². The largest absolute Gasteiger partial charge is 0.417 e. The average Bonchev–Trinajstić information content (AvgIpc) is 2.85. The van der Waals surface area contributed by atoms with E-state index in [1.165, 1.54) is 0 Å². The van der Waals surface area contributed by atoms with Crippen LogP contribution in [0.1, 0.15) is 36.6 Å². The van der Waals surface area contributed by atoms with E-state index in [-0.39, 0.29) is 11.7 Å². The molecule has 1 aromatic heterocycles. The van der Waals surface area contributed by atoms with Crippen LogP contribution >= 0.6 is 0 Å². The Morgan fingerprint density at radius 1 is 1.11 bits per heavy atom. The van der Waals surface area contributed by atoms with Gasteiger partial charge in [0.2, 0.25) is 0 Å². The number of fused-ring (bicyclic) bond motifs is 1. The Kier molecular flexibility index (Phi) is 7.62. The van der Waals surface area contributed by atoms with Gasteiger partial charge in [-0.15, -0.1) is 0 Å². The molecule has 5 nitrogen and oxygen atoms in total. The van der Waals surface area contributed by atoms with Gasteiger partial charge in [-0.25, -0.2) is 4.98 Å². The minimum absolute atomic E-state index is 0.187.